The molecule has 0 aliphatic heterocycles. The molecule has 6 nitrogen and oxygen atoms in total. The molecule has 0 fully saturated rings. The van der Waals surface area contributed by atoms with E-state index in [-0.39, 0.29) is 31.9 Å². The first-order chi connectivity index (χ1) is 4.41. The van der Waals surface area contributed by atoms with Crippen LogP contribution in [0.15, 0.2) is 0 Å². The third-order valence-electron chi connectivity index (χ3n) is 0.505. The molecule has 6 heteroatoms. The van der Waals surface area contributed by atoms with Gasteiger partial charge in [-0.05, 0) is 0 Å². The topological polar surface area (TPSA) is 102 Å². The third-order valence-corrected chi connectivity index (χ3v) is 0.505. The zero-order chi connectivity index (χ0) is 6.95. The quantitative estimate of drug-likeness (QED) is 0.293. The van der Waals surface area contributed by atoms with E-state index in [2.05, 4.69) is 15.3 Å². The van der Waals surface area contributed by atoms with Crippen LogP contribution < -0.4 is 5.64 Å². The lowest BCUT2D eigenvalue weighted by molar-refractivity contribution is -0.178. The summed E-state index contributed by atoms with van der Waals surface area (Å²) in [5.41, 5.74) is 2.07. The Balaban J connectivity index is 0. The Morgan fingerprint density at radius 2 is 1.40 bits per heavy atom. The van der Waals surface area contributed by atoms with Crippen LogP contribution in [-0.4, -0.2) is 42.1 Å². The molecule has 0 heterocycles. The van der Waals surface area contributed by atoms with Crippen LogP contribution in [0.3, 0.4) is 0 Å². The average molecular weight is 155 g/mol. The number of rotatable bonds is 6. The highest BCUT2D eigenvalue weighted by atomic mass is 16.9. The normalized spacial score (nSPS) is 9.00. The van der Waals surface area contributed by atoms with Gasteiger partial charge in [0.2, 0.25) is 0 Å². The minimum Gasteiger partial charge on any atom is -0.412 e. The summed E-state index contributed by atoms with van der Waals surface area (Å²) in [4.78, 5) is 8.90. The maximum absolute atomic E-state index is 8.15. The maximum atomic E-state index is 8.15. The molecule has 0 aliphatic carbocycles. The predicted octanol–water partition coefficient (Wildman–Crippen LogP) is -2.40. The summed E-state index contributed by atoms with van der Waals surface area (Å²) in [6.45, 7) is 0.224. The molecule has 0 saturated heterocycles. The van der Waals surface area contributed by atoms with Gasteiger partial charge in [0.25, 0.3) is 0 Å². The second-order valence-corrected chi connectivity index (χ2v) is 1.23. The van der Waals surface area contributed by atoms with E-state index in [1.54, 1.807) is 0 Å². The van der Waals surface area contributed by atoms with Gasteiger partial charge in [0.1, 0.15) is 0 Å². The summed E-state index contributed by atoms with van der Waals surface area (Å²) < 4.78 is 0. The molecule has 0 aromatic rings. The highest BCUT2D eigenvalue weighted by molar-refractivity contribution is 4.16. The molecule has 0 unspecified atom stereocenters. The maximum Gasteiger partial charge on any atom is 0.0940 e. The van der Waals surface area contributed by atoms with E-state index in [0.29, 0.717) is 0 Å². The van der Waals surface area contributed by atoms with Crippen LogP contribution >= 0.6 is 0 Å². The van der Waals surface area contributed by atoms with E-state index in [4.69, 9.17) is 10.2 Å². The number of hydrogen-bond donors (Lipinski definition) is 3. The fraction of sp³-hybridized carbons (Fsp3) is 1.00. The Labute approximate surface area is 58.6 Å². The molecule has 0 aliphatic rings. The van der Waals surface area contributed by atoms with Crippen molar-refractivity contribution in [3.8, 4) is 0 Å². The second kappa shape index (κ2) is 11.5. The molecular formula is C4H13NO5. The van der Waals surface area contributed by atoms with Gasteiger partial charge in [0.15, 0.2) is 0 Å². The van der Waals surface area contributed by atoms with Crippen LogP contribution in [-0.2, 0) is 9.68 Å². The summed E-state index contributed by atoms with van der Waals surface area (Å²) >= 11 is 0. The molecule has 0 aromatic heterocycles. The van der Waals surface area contributed by atoms with Gasteiger partial charge in [-0.25, -0.2) is 0 Å². The van der Waals surface area contributed by atoms with Crippen molar-refractivity contribution in [3.63, 3.8) is 0 Å². The smallest absolute Gasteiger partial charge is 0.0940 e. The van der Waals surface area contributed by atoms with Crippen molar-refractivity contribution < 1.29 is 25.4 Å². The van der Waals surface area contributed by atoms with Crippen molar-refractivity contribution in [2.45, 2.75) is 0 Å². The Morgan fingerprint density at radius 3 is 1.70 bits per heavy atom. The van der Waals surface area contributed by atoms with Crippen LogP contribution in [0.4, 0.5) is 0 Å². The summed E-state index contributed by atoms with van der Waals surface area (Å²) in [5.74, 6) is 0. The van der Waals surface area contributed by atoms with Gasteiger partial charge < -0.3 is 15.7 Å². The Hall–Kier alpha value is -0.240. The average Bonchev–Trinajstić information content (AvgIpc) is 1.89. The van der Waals surface area contributed by atoms with E-state index >= 15 is 0 Å². The van der Waals surface area contributed by atoms with Crippen LogP contribution in [0.25, 0.3) is 0 Å². The number of nitrogens with one attached hydrogen (secondary N) is 1. The van der Waals surface area contributed by atoms with E-state index in [0.717, 1.165) is 0 Å². The second-order valence-electron chi connectivity index (χ2n) is 1.23. The molecule has 5 N–H and O–H groups in total. The van der Waals surface area contributed by atoms with Gasteiger partial charge in [0, 0.05) is 0 Å². The van der Waals surface area contributed by atoms with Crippen molar-refractivity contribution in [3.05, 3.63) is 0 Å². The molecule has 0 atom stereocenters. The first-order valence-corrected chi connectivity index (χ1v) is 2.62. The number of aliphatic hydroxyl groups is 2. The van der Waals surface area contributed by atoms with Gasteiger partial charge in [-0.3, -0.25) is 9.68 Å². The summed E-state index contributed by atoms with van der Waals surface area (Å²) in [6, 6.07) is 0. The fourth-order valence-electron chi connectivity index (χ4n) is 0.216. The summed E-state index contributed by atoms with van der Waals surface area (Å²) in [5, 5.41) is 16.3. The summed E-state index contributed by atoms with van der Waals surface area (Å²) in [6.07, 6.45) is 0. The summed E-state index contributed by atoms with van der Waals surface area (Å²) in [7, 11) is 0. The molecule has 0 rings (SSSR count). The fourth-order valence-corrected chi connectivity index (χ4v) is 0.216. The van der Waals surface area contributed by atoms with Crippen molar-refractivity contribution in [2.24, 2.45) is 0 Å². The van der Waals surface area contributed by atoms with Crippen LogP contribution in [0.1, 0.15) is 0 Å². The first kappa shape index (κ1) is 12.4. The van der Waals surface area contributed by atoms with Crippen LogP contribution in [0.2, 0.25) is 0 Å². The third kappa shape index (κ3) is 10.7. The van der Waals surface area contributed by atoms with Gasteiger partial charge in [-0.1, -0.05) is 5.64 Å². The van der Waals surface area contributed by atoms with Gasteiger partial charge in [0.05, 0.1) is 26.4 Å². The van der Waals surface area contributed by atoms with E-state index in [1.807, 2.05) is 0 Å². The lowest BCUT2D eigenvalue weighted by Gasteiger charge is -2.01. The zero-order valence-corrected chi connectivity index (χ0v) is 5.54. The Bertz CT molecular complexity index is 46.9. The van der Waals surface area contributed by atoms with E-state index in [9.17, 15) is 0 Å². The van der Waals surface area contributed by atoms with Gasteiger partial charge >= 0.3 is 0 Å². The van der Waals surface area contributed by atoms with Crippen molar-refractivity contribution in [1.82, 2.24) is 5.64 Å². The molecule has 0 bridgehead atoms. The lowest BCUT2D eigenvalue weighted by Crippen LogP contribution is -2.19. The molecular weight excluding hydrogens is 142 g/mol. The molecule has 64 valence electrons. The minimum atomic E-state index is -0.0600. The Morgan fingerprint density at radius 1 is 1.00 bits per heavy atom. The molecule has 0 aromatic carbocycles. The molecule has 0 spiro atoms. The number of hydrogen-bond acceptors (Lipinski definition) is 5. The predicted molar refractivity (Wildman–Crippen MR) is 32.8 cm³/mol. The van der Waals surface area contributed by atoms with E-state index < -0.39 is 0 Å². The van der Waals surface area contributed by atoms with Gasteiger partial charge in [-0.2, -0.15) is 0 Å². The molecule has 0 saturated carbocycles. The largest absolute Gasteiger partial charge is 0.412 e. The van der Waals surface area contributed by atoms with Crippen molar-refractivity contribution in [1.29, 1.82) is 0 Å². The standard InChI is InChI=1S/C4H11NO4.H2O/c6-1-3-8-5-9-4-2-7;/h5-7H,1-4H2;1H2. The Kier molecular flexibility index (Phi) is 14.4. The van der Waals surface area contributed by atoms with E-state index in [1.165, 1.54) is 0 Å². The molecule has 10 heavy (non-hydrogen) atoms. The molecule has 0 radical (unpaired) electrons. The SMILES string of the molecule is O.OCCONOCCO. The highest BCUT2D eigenvalue weighted by Gasteiger charge is 1.83. The first-order valence-electron chi connectivity index (χ1n) is 2.62. The minimum absolute atomic E-state index is 0. The highest BCUT2D eigenvalue weighted by Crippen LogP contribution is 1.67. The zero-order valence-electron chi connectivity index (χ0n) is 5.54. The molecule has 0 amide bonds. The van der Waals surface area contributed by atoms with Crippen LogP contribution in [0.5, 0.6) is 0 Å². The monoisotopic (exact) mass is 155 g/mol. The lowest BCUT2D eigenvalue weighted by atomic mass is 10.8. The van der Waals surface area contributed by atoms with Crippen molar-refractivity contribution >= 4 is 0 Å². The van der Waals surface area contributed by atoms with Gasteiger partial charge in [-0.15, -0.1) is 0 Å². The van der Waals surface area contributed by atoms with Crippen molar-refractivity contribution in [2.75, 3.05) is 26.4 Å². The number of aliphatic hydroxyl groups excluding tert-OH is 2. The van der Waals surface area contributed by atoms with Crippen LogP contribution in [0, 0.1) is 0 Å².